The minimum absolute atomic E-state index is 0.156. The van der Waals surface area contributed by atoms with Crippen LogP contribution in [0.2, 0.25) is 0 Å². The van der Waals surface area contributed by atoms with Crippen molar-refractivity contribution in [2.75, 3.05) is 0 Å². The van der Waals surface area contributed by atoms with Crippen LogP contribution in [-0.2, 0) is 6.42 Å². The first kappa shape index (κ1) is 13.7. The summed E-state index contributed by atoms with van der Waals surface area (Å²) in [6.45, 7) is 0. The maximum atomic E-state index is 10.7. The Kier molecular flexibility index (Phi) is 4.68. The molecule has 19 heavy (non-hydrogen) atoms. The largest absolute Gasteiger partial charge is 0.269 e. The molecule has 0 aromatic heterocycles. The van der Waals surface area contributed by atoms with Crippen molar-refractivity contribution in [1.29, 1.82) is 0 Å². The fourth-order valence-corrected chi connectivity index (χ4v) is 2.48. The van der Waals surface area contributed by atoms with Crippen LogP contribution in [0.5, 0.6) is 0 Å². The molecule has 1 unspecified atom stereocenters. The highest BCUT2D eigenvalue weighted by molar-refractivity contribution is 9.09. The van der Waals surface area contributed by atoms with Gasteiger partial charge in [-0.2, -0.15) is 0 Å². The van der Waals surface area contributed by atoms with Crippen molar-refractivity contribution < 1.29 is 4.92 Å². The van der Waals surface area contributed by atoms with Gasteiger partial charge in [0.2, 0.25) is 0 Å². The van der Waals surface area contributed by atoms with Crippen LogP contribution >= 0.6 is 15.9 Å². The quantitative estimate of drug-likeness (QED) is 0.457. The summed E-state index contributed by atoms with van der Waals surface area (Å²) < 4.78 is 0. The third kappa shape index (κ3) is 3.89. The van der Waals surface area contributed by atoms with Crippen LogP contribution in [0.1, 0.15) is 22.4 Å². The molecule has 4 heteroatoms. The molecule has 0 N–H and O–H groups in total. The van der Waals surface area contributed by atoms with Gasteiger partial charge in [0.15, 0.2) is 0 Å². The Morgan fingerprint density at radius 1 is 1.11 bits per heavy atom. The van der Waals surface area contributed by atoms with E-state index in [4.69, 9.17) is 0 Å². The number of non-ortho nitro benzene ring substituents is 1. The van der Waals surface area contributed by atoms with Crippen molar-refractivity contribution in [2.24, 2.45) is 0 Å². The van der Waals surface area contributed by atoms with E-state index in [0.29, 0.717) is 0 Å². The first-order valence-corrected chi connectivity index (χ1v) is 7.01. The number of rotatable bonds is 5. The van der Waals surface area contributed by atoms with Gasteiger partial charge in [0.05, 0.1) is 4.92 Å². The maximum Gasteiger partial charge on any atom is 0.269 e. The van der Waals surface area contributed by atoms with E-state index in [-0.39, 0.29) is 15.4 Å². The Balaban J connectivity index is 1.99. The lowest BCUT2D eigenvalue weighted by Gasteiger charge is -2.09. The van der Waals surface area contributed by atoms with Gasteiger partial charge in [0, 0.05) is 17.0 Å². The smallest absolute Gasteiger partial charge is 0.258 e. The Morgan fingerprint density at radius 3 is 2.53 bits per heavy atom. The number of nitro groups is 1. The Bertz CT molecular complexity index is 557. The van der Waals surface area contributed by atoms with Crippen LogP contribution in [0, 0.1) is 10.1 Å². The van der Waals surface area contributed by atoms with Crippen molar-refractivity contribution in [3.8, 4) is 0 Å². The van der Waals surface area contributed by atoms with Crippen LogP contribution < -0.4 is 0 Å². The zero-order chi connectivity index (χ0) is 13.7. The normalized spacial score (nSPS) is 12.1. The molecule has 0 fully saturated rings. The molecule has 0 aliphatic rings. The number of hydrogen-bond donors (Lipinski definition) is 0. The molecular weight excluding hydrogens is 306 g/mol. The molecular formula is C15H14BrNO2. The van der Waals surface area contributed by atoms with Gasteiger partial charge < -0.3 is 0 Å². The second-order valence-electron chi connectivity index (χ2n) is 4.34. The van der Waals surface area contributed by atoms with Gasteiger partial charge in [0.25, 0.3) is 5.69 Å². The van der Waals surface area contributed by atoms with Crippen LogP contribution in [0.15, 0.2) is 54.6 Å². The molecule has 0 amide bonds. The fraction of sp³-hybridized carbons (Fsp3) is 0.200. The number of aryl methyl sites for hydroxylation is 1. The van der Waals surface area contributed by atoms with Crippen LogP contribution in [0.4, 0.5) is 5.69 Å². The Hall–Kier alpha value is -1.68. The average Bonchev–Trinajstić information content (AvgIpc) is 2.46. The van der Waals surface area contributed by atoms with E-state index >= 15 is 0 Å². The van der Waals surface area contributed by atoms with Crippen molar-refractivity contribution in [1.82, 2.24) is 0 Å². The lowest BCUT2D eigenvalue weighted by Crippen LogP contribution is -1.95. The summed E-state index contributed by atoms with van der Waals surface area (Å²) in [5, 5.41) is 10.7. The first-order valence-electron chi connectivity index (χ1n) is 6.09. The predicted molar refractivity (Wildman–Crippen MR) is 79.5 cm³/mol. The Labute approximate surface area is 120 Å². The maximum absolute atomic E-state index is 10.7. The number of hydrogen-bond acceptors (Lipinski definition) is 2. The highest BCUT2D eigenvalue weighted by Gasteiger charge is 2.09. The summed E-state index contributed by atoms with van der Waals surface area (Å²) in [6, 6.07) is 17.0. The van der Waals surface area contributed by atoms with E-state index in [2.05, 4.69) is 28.1 Å². The first-order chi connectivity index (χ1) is 9.16. The van der Waals surface area contributed by atoms with E-state index in [0.717, 1.165) is 18.4 Å². The topological polar surface area (TPSA) is 43.1 Å². The standard InChI is InChI=1S/C15H14BrNO2/c16-15(13-6-2-1-3-7-13)10-9-12-5-4-8-14(11-12)17(18)19/h1-8,11,15H,9-10H2. The molecule has 2 aromatic carbocycles. The average molecular weight is 320 g/mol. The van der Waals surface area contributed by atoms with Gasteiger partial charge in [-0.05, 0) is 24.0 Å². The monoisotopic (exact) mass is 319 g/mol. The van der Waals surface area contributed by atoms with Gasteiger partial charge >= 0.3 is 0 Å². The SMILES string of the molecule is O=[N+]([O-])c1cccc(CCC(Br)c2ccccc2)c1. The number of halogens is 1. The number of nitrogens with zero attached hydrogens (tertiary/aromatic N) is 1. The molecule has 3 nitrogen and oxygen atoms in total. The minimum atomic E-state index is -0.355. The molecule has 0 aliphatic heterocycles. The summed E-state index contributed by atoms with van der Waals surface area (Å²) in [5.74, 6) is 0. The Morgan fingerprint density at radius 2 is 1.84 bits per heavy atom. The van der Waals surface area contributed by atoms with Gasteiger partial charge in [-0.15, -0.1) is 0 Å². The third-order valence-electron chi connectivity index (χ3n) is 2.97. The summed E-state index contributed by atoms with van der Waals surface area (Å²) in [7, 11) is 0. The molecule has 0 saturated heterocycles. The molecule has 2 rings (SSSR count). The van der Waals surface area contributed by atoms with Gasteiger partial charge in [-0.1, -0.05) is 58.4 Å². The molecule has 0 aliphatic carbocycles. The van der Waals surface area contributed by atoms with Crippen LogP contribution in [0.3, 0.4) is 0 Å². The van der Waals surface area contributed by atoms with Gasteiger partial charge in [0.1, 0.15) is 0 Å². The van der Waals surface area contributed by atoms with Crippen molar-refractivity contribution >= 4 is 21.6 Å². The lowest BCUT2D eigenvalue weighted by atomic mass is 10.0. The minimum Gasteiger partial charge on any atom is -0.258 e. The molecule has 0 bridgehead atoms. The molecule has 0 spiro atoms. The van der Waals surface area contributed by atoms with Gasteiger partial charge in [-0.3, -0.25) is 10.1 Å². The number of nitro benzene ring substituents is 1. The third-order valence-corrected chi connectivity index (χ3v) is 3.96. The van der Waals surface area contributed by atoms with Gasteiger partial charge in [-0.25, -0.2) is 0 Å². The van der Waals surface area contributed by atoms with Crippen molar-refractivity contribution in [2.45, 2.75) is 17.7 Å². The van der Waals surface area contributed by atoms with Crippen molar-refractivity contribution in [3.05, 3.63) is 75.8 Å². The molecule has 0 saturated carbocycles. The van der Waals surface area contributed by atoms with E-state index < -0.39 is 0 Å². The fourth-order valence-electron chi connectivity index (χ4n) is 1.95. The molecule has 2 aromatic rings. The zero-order valence-electron chi connectivity index (χ0n) is 10.3. The van der Waals surface area contributed by atoms with E-state index in [1.807, 2.05) is 24.3 Å². The summed E-state index contributed by atoms with van der Waals surface area (Å²) in [5.41, 5.74) is 2.38. The second kappa shape index (κ2) is 6.48. The zero-order valence-corrected chi connectivity index (χ0v) is 11.9. The molecule has 1 atom stereocenters. The summed E-state index contributed by atoms with van der Waals surface area (Å²) in [4.78, 5) is 10.6. The predicted octanol–water partition coefficient (Wildman–Crippen LogP) is 4.66. The second-order valence-corrected chi connectivity index (χ2v) is 5.45. The van der Waals surface area contributed by atoms with Crippen molar-refractivity contribution in [3.63, 3.8) is 0 Å². The summed E-state index contributed by atoms with van der Waals surface area (Å²) in [6.07, 6.45) is 1.72. The highest BCUT2D eigenvalue weighted by Crippen LogP contribution is 2.28. The van der Waals surface area contributed by atoms with E-state index in [1.54, 1.807) is 12.1 Å². The number of alkyl halides is 1. The molecule has 0 heterocycles. The highest BCUT2D eigenvalue weighted by atomic mass is 79.9. The lowest BCUT2D eigenvalue weighted by molar-refractivity contribution is -0.384. The van der Waals surface area contributed by atoms with E-state index in [1.165, 1.54) is 11.6 Å². The van der Waals surface area contributed by atoms with Crippen LogP contribution in [0.25, 0.3) is 0 Å². The molecule has 0 radical (unpaired) electrons. The van der Waals surface area contributed by atoms with Crippen LogP contribution in [-0.4, -0.2) is 4.92 Å². The van der Waals surface area contributed by atoms with E-state index in [9.17, 15) is 10.1 Å². The summed E-state index contributed by atoms with van der Waals surface area (Å²) >= 11 is 3.66. The molecule has 98 valence electrons. The number of benzene rings is 2.